The van der Waals surface area contributed by atoms with Crippen LogP contribution in [-0.2, 0) is 62.8 Å². The van der Waals surface area contributed by atoms with Crippen molar-refractivity contribution < 1.29 is 100 Å². The van der Waals surface area contributed by atoms with Gasteiger partial charge in [0, 0.05) is 19.7 Å². The molecule has 216 valence electrons. The quantitative estimate of drug-likeness (QED) is 0.0849. The van der Waals surface area contributed by atoms with Crippen LogP contribution in [0.4, 0.5) is 0 Å². The van der Waals surface area contributed by atoms with E-state index in [9.17, 15) is 39.4 Å². The van der Waals surface area contributed by atoms with E-state index in [0.717, 1.165) is 44.1 Å². The van der Waals surface area contributed by atoms with Crippen LogP contribution in [0.15, 0.2) is 0 Å². The fourth-order valence-electron chi connectivity index (χ4n) is 4.05. The zero-order chi connectivity index (χ0) is 28.0. The first-order valence-corrected chi connectivity index (χ1v) is 14.7. The molecule has 38 heavy (non-hydrogen) atoms. The summed E-state index contributed by atoms with van der Waals surface area (Å²) in [6.45, 7) is -1.28. The van der Waals surface area contributed by atoms with Crippen LogP contribution < -0.4 is 34.9 Å². The molecule has 2 fully saturated rings. The number of carbonyl (C=O) groups excluding carboxylic acids is 2. The van der Waals surface area contributed by atoms with E-state index in [1.54, 1.807) is 0 Å². The van der Waals surface area contributed by atoms with Gasteiger partial charge in [-0.25, -0.2) is 12.5 Å². The Kier molecular flexibility index (Phi) is 13.9. The average Bonchev–Trinajstić information content (AvgIpc) is 2.75. The molecular weight excluding hydrogens is 595 g/mol. The molecule has 1 saturated carbocycles. The van der Waals surface area contributed by atoms with Gasteiger partial charge in [-0.1, -0.05) is 19.3 Å². The molecule has 0 unspecified atom stereocenters. The number of nitrogens with zero attached hydrogens (tertiary/aromatic N) is 1. The molecule has 5 atom stereocenters. The van der Waals surface area contributed by atoms with Gasteiger partial charge in [-0.2, -0.15) is 25.3 Å². The second kappa shape index (κ2) is 14.9. The van der Waals surface area contributed by atoms with Crippen LogP contribution in [0.2, 0.25) is 0 Å². The van der Waals surface area contributed by atoms with E-state index in [1.807, 2.05) is 0 Å². The van der Waals surface area contributed by atoms with E-state index >= 15 is 0 Å². The summed E-state index contributed by atoms with van der Waals surface area (Å²) >= 11 is 0. The van der Waals surface area contributed by atoms with Gasteiger partial charge in [0.2, 0.25) is 12.3 Å². The van der Waals surface area contributed by atoms with Crippen molar-refractivity contribution >= 4 is 43.5 Å². The molecule has 2 amide bonds. The molecule has 2 aliphatic rings. The van der Waals surface area contributed by atoms with Crippen LogP contribution in [0, 0.1) is 0 Å². The van der Waals surface area contributed by atoms with E-state index in [-0.39, 0.29) is 42.0 Å². The first-order valence-electron chi connectivity index (χ1n) is 10.7. The van der Waals surface area contributed by atoms with Crippen molar-refractivity contribution in [2.24, 2.45) is 0 Å². The van der Waals surface area contributed by atoms with E-state index in [4.69, 9.17) is 18.6 Å². The number of rotatable bonds is 13. The summed E-state index contributed by atoms with van der Waals surface area (Å²) in [5.74, 6) is -0.580. The standard InChI is InChI=1S/C16H28N2O16S3.Na/c1-30-16-15(34-37(27,28)29)14(33-36(24,25)26)13(32-35(21,22)23)11(31-16)7-18(9-19)8-12(20)17-10-5-3-2-4-6-10;/h9-11,13-16H,2-8H2,1H3,(H,17,20)(H,21,22,23)(H,24,25,26)(H,27,28,29);/q;+1/t11-,13-,14+,15+,16+;/m1./s1. The van der Waals surface area contributed by atoms with Crippen LogP contribution in [0.25, 0.3) is 0 Å². The van der Waals surface area contributed by atoms with Crippen LogP contribution in [0.1, 0.15) is 32.1 Å². The number of nitrogens with one attached hydrogen (secondary N) is 1. The van der Waals surface area contributed by atoms with Crippen molar-refractivity contribution in [3.63, 3.8) is 0 Å². The molecule has 4 N–H and O–H groups in total. The van der Waals surface area contributed by atoms with Gasteiger partial charge in [0.05, 0.1) is 6.54 Å². The first kappa shape index (κ1) is 35.5. The summed E-state index contributed by atoms with van der Waals surface area (Å²) in [6.07, 6.45) is -6.37. The van der Waals surface area contributed by atoms with Crippen LogP contribution >= 0.6 is 0 Å². The van der Waals surface area contributed by atoms with Gasteiger partial charge in [-0.3, -0.25) is 23.2 Å². The zero-order valence-corrected chi connectivity index (χ0v) is 24.8. The Morgan fingerprint density at radius 1 is 0.921 bits per heavy atom. The van der Waals surface area contributed by atoms with E-state index in [2.05, 4.69) is 17.9 Å². The summed E-state index contributed by atoms with van der Waals surface area (Å²) in [4.78, 5) is 24.9. The maximum absolute atomic E-state index is 12.4. The van der Waals surface area contributed by atoms with Gasteiger partial charge in [0.25, 0.3) is 0 Å². The van der Waals surface area contributed by atoms with Crippen molar-refractivity contribution in [1.29, 1.82) is 0 Å². The first-order chi connectivity index (χ1) is 17.0. The minimum Gasteiger partial charge on any atom is -0.353 e. The number of carbonyl (C=O) groups is 2. The van der Waals surface area contributed by atoms with Crippen molar-refractivity contribution in [3.05, 3.63) is 0 Å². The molecule has 1 heterocycles. The van der Waals surface area contributed by atoms with Gasteiger partial charge >= 0.3 is 60.8 Å². The summed E-state index contributed by atoms with van der Waals surface area (Å²) in [5.41, 5.74) is 0. The Morgan fingerprint density at radius 2 is 1.42 bits per heavy atom. The Morgan fingerprint density at radius 3 is 1.89 bits per heavy atom. The molecular formula is C16H28N2NaO16S3+. The van der Waals surface area contributed by atoms with Gasteiger partial charge in [-0.15, -0.1) is 0 Å². The predicted octanol–water partition coefficient (Wildman–Crippen LogP) is -5.17. The summed E-state index contributed by atoms with van der Waals surface area (Å²) in [5, 5.41) is 2.74. The van der Waals surface area contributed by atoms with Crippen LogP contribution in [0.5, 0.6) is 0 Å². The molecule has 22 heteroatoms. The smallest absolute Gasteiger partial charge is 0.353 e. The fourth-order valence-corrected chi connectivity index (χ4v) is 5.54. The van der Waals surface area contributed by atoms with Crippen molar-refractivity contribution in [2.75, 3.05) is 20.2 Å². The Balaban J connectivity index is 0.00000722. The molecule has 0 radical (unpaired) electrons. The van der Waals surface area contributed by atoms with Crippen molar-refractivity contribution in [2.45, 2.75) is 68.9 Å². The minimum absolute atomic E-state index is 0. The van der Waals surface area contributed by atoms with Gasteiger partial charge in [-0.05, 0) is 12.8 Å². The van der Waals surface area contributed by atoms with Gasteiger partial charge < -0.3 is 19.7 Å². The third-order valence-corrected chi connectivity index (χ3v) is 6.80. The minimum atomic E-state index is -5.50. The Labute approximate surface area is 241 Å². The third-order valence-electron chi connectivity index (χ3n) is 5.40. The second-order valence-corrected chi connectivity index (χ2v) is 11.3. The third kappa shape index (κ3) is 12.3. The van der Waals surface area contributed by atoms with E-state index < -0.39 is 80.9 Å². The molecule has 0 spiro atoms. The number of amides is 2. The molecule has 2 rings (SSSR count). The fraction of sp³-hybridized carbons (Fsp3) is 0.875. The molecule has 1 aliphatic heterocycles. The monoisotopic (exact) mass is 623 g/mol. The Bertz CT molecular complexity index is 1110. The topological polar surface area (TPSA) is 259 Å². The largest absolute Gasteiger partial charge is 1.00 e. The zero-order valence-electron chi connectivity index (χ0n) is 20.3. The second-order valence-electron chi connectivity index (χ2n) is 8.18. The molecule has 18 nitrogen and oxygen atoms in total. The maximum Gasteiger partial charge on any atom is 1.00 e. The molecule has 1 aliphatic carbocycles. The summed E-state index contributed by atoms with van der Waals surface area (Å²) < 4.78 is 119. The van der Waals surface area contributed by atoms with Crippen molar-refractivity contribution in [3.8, 4) is 0 Å². The van der Waals surface area contributed by atoms with E-state index in [0.29, 0.717) is 0 Å². The number of hydrogen-bond acceptors (Lipinski definition) is 13. The SMILES string of the molecule is CO[C@H]1O[C@H](CN(C=O)CC(=O)NC2CCCCC2)[C@@H](OS(=O)(=O)O)[C@H](OS(=O)(=O)O)[C@@H]1OS(=O)(=O)O.[Na+]. The van der Waals surface area contributed by atoms with Crippen molar-refractivity contribution in [1.82, 2.24) is 10.2 Å². The summed E-state index contributed by atoms with van der Waals surface area (Å²) in [7, 11) is -15.4. The molecule has 0 aromatic heterocycles. The number of hydrogen-bond donors (Lipinski definition) is 4. The average molecular weight is 624 g/mol. The predicted molar refractivity (Wildman–Crippen MR) is 118 cm³/mol. The molecule has 1 saturated heterocycles. The Hall–Kier alpha value is -0.530. The van der Waals surface area contributed by atoms with Crippen LogP contribution in [-0.4, -0.2) is 113 Å². The number of methoxy groups -OCH3 is 1. The van der Waals surface area contributed by atoms with E-state index in [1.165, 1.54) is 0 Å². The molecule has 0 aromatic rings. The summed E-state index contributed by atoms with van der Waals surface area (Å²) in [6, 6.07) is -0.111. The molecule has 0 aromatic carbocycles. The number of ether oxygens (including phenoxy) is 2. The van der Waals surface area contributed by atoms with Gasteiger partial charge in [0.15, 0.2) is 12.4 Å². The maximum atomic E-state index is 12.4. The van der Waals surface area contributed by atoms with Crippen LogP contribution in [0.3, 0.4) is 0 Å². The normalized spacial score (nSPS) is 27.2. The van der Waals surface area contributed by atoms with Gasteiger partial charge in [0.1, 0.15) is 18.3 Å². The molecule has 0 bridgehead atoms.